The zero-order valence-corrected chi connectivity index (χ0v) is 8.79. The van der Waals surface area contributed by atoms with Gasteiger partial charge >= 0.3 is 0 Å². The third kappa shape index (κ3) is 3.47. The number of aryl methyl sites for hydroxylation is 1. The molecule has 0 amide bonds. The van der Waals surface area contributed by atoms with Crippen molar-refractivity contribution in [2.24, 2.45) is 0 Å². The predicted octanol–water partition coefficient (Wildman–Crippen LogP) is 2.52. The van der Waals surface area contributed by atoms with Crippen LogP contribution >= 0.6 is 0 Å². The molecule has 74 valence electrons. The Kier molecular flexibility index (Phi) is 5.98. The van der Waals surface area contributed by atoms with Gasteiger partial charge in [0.05, 0.1) is 13.7 Å². The molecule has 0 radical (unpaired) electrons. The lowest BCUT2D eigenvalue weighted by molar-refractivity contribution is 0.281. The quantitative estimate of drug-likeness (QED) is 0.761. The number of benzene rings is 1. The number of ether oxygens (including phenoxy) is 1. The van der Waals surface area contributed by atoms with Crippen LogP contribution in [0.25, 0.3) is 0 Å². The van der Waals surface area contributed by atoms with Crippen molar-refractivity contribution in [3.8, 4) is 5.75 Å². The lowest BCUT2D eigenvalue weighted by Gasteiger charge is -2.04. The molecule has 1 aromatic carbocycles. The van der Waals surface area contributed by atoms with Crippen LogP contribution < -0.4 is 4.74 Å². The first-order valence-electron chi connectivity index (χ1n) is 4.52. The molecule has 1 rings (SSSR count). The van der Waals surface area contributed by atoms with Crippen molar-refractivity contribution in [3.63, 3.8) is 0 Å². The van der Waals surface area contributed by atoms with E-state index in [1.807, 2.05) is 39.0 Å². The average Bonchev–Trinajstić information content (AvgIpc) is 2.20. The van der Waals surface area contributed by atoms with Gasteiger partial charge in [0.15, 0.2) is 0 Å². The van der Waals surface area contributed by atoms with Crippen molar-refractivity contribution in [1.29, 1.82) is 0 Å². The highest BCUT2D eigenvalue weighted by atomic mass is 16.5. The molecular formula is C11H18O2. The third-order valence-corrected chi connectivity index (χ3v) is 1.64. The maximum absolute atomic E-state index is 8.78. The zero-order chi connectivity index (χ0) is 10.3. The molecule has 0 aliphatic rings. The Morgan fingerprint density at radius 3 is 2.31 bits per heavy atom. The van der Waals surface area contributed by atoms with E-state index in [-0.39, 0.29) is 6.61 Å². The molecule has 2 nitrogen and oxygen atoms in total. The SMILES string of the molecule is CC.COc1ccc(CO)cc1C. The van der Waals surface area contributed by atoms with Crippen LogP contribution in [0.5, 0.6) is 5.75 Å². The van der Waals surface area contributed by atoms with E-state index in [9.17, 15) is 0 Å². The molecule has 0 heterocycles. The highest BCUT2D eigenvalue weighted by molar-refractivity contribution is 5.35. The summed E-state index contributed by atoms with van der Waals surface area (Å²) in [5.41, 5.74) is 1.97. The molecule has 0 aliphatic heterocycles. The van der Waals surface area contributed by atoms with E-state index in [0.29, 0.717) is 0 Å². The zero-order valence-electron chi connectivity index (χ0n) is 8.79. The third-order valence-electron chi connectivity index (χ3n) is 1.64. The van der Waals surface area contributed by atoms with Gasteiger partial charge in [-0.15, -0.1) is 0 Å². The van der Waals surface area contributed by atoms with E-state index in [4.69, 9.17) is 9.84 Å². The van der Waals surface area contributed by atoms with Gasteiger partial charge in [-0.3, -0.25) is 0 Å². The highest BCUT2D eigenvalue weighted by Crippen LogP contribution is 2.17. The lowest BCUT2D eigenvalue weighted by Crippen LogP contribution is -1.89. The van der Waals surface area contributed by atoms with Crippen LogP contribution in [0.4, 0.5) is 0 Å². The fourth-order valence-electron chi connectivity index (χ4n) is 1.04. The Labute approximate surface area is 80.2 Å². The summed E-state index contributed by atoms with van der Waals surface area (Å²) in [5.74, 6) is 0.863. The van der Waals surface area contributed by atoms with Gasteiger partial charge in [0.1, 0.15) is 5.75 Å². The lowest BCUT2D eigenvalue weighted by atomic mass is 10.1. The van der Waals surface area contributed by atoms with Crippen LogP contribution in [0.2, 0.25) is 0 Å². The minimum atomic E-state index is 0.0881. The number of hydrogen-bond donors (Lipinski definition) is 1. The first-order chi connectivity index (χ1) is 6.27. The van der Waals surface area contributed by atoms with Crippen LogP contribution in [-0.4, -0.2) is 12.2 Å². The summed E-state index contributed by atoms with van der Waals surface area (Å²) in [5, 5.41) is 8.78. The maximum Gasteiger partial charge on any atom is 0.121 e. The first-order valence-corrected chi connectivity index (χ1v) is 4.52. The Morgan fingerprint density at radius 1 is 1.31 bits per heavy atom. The van der Waals surface area contributed by atoms with Crippen LogP contribution in [0.3, 0.4) is 0 Å². The number of methoxy groups -OCH3 is 1. The van der Waals surface area contributed by atoms with Crippen molar-refractivity contribution >= 4 is 0 Å². The Balaban J connectivity index is 0.000000671. The molecule has 1 aromatic rings. The predicted molar refractivity (Wildman–Crippen MR) is 55.0 cm³/mol. The summed E-state index contributed by atoms with van der Waals surface area (Å²) >= 11 is 0. The summed E-state index contributed by atoms with van der Waals surface area (Å²) in [6.45, 7) is 6.04. The molecule has 0 spiro atoms. The minimum Gasteiger partial charge on any atom is -0.496 e. The van der Waals surface area contributed by atoms with Gasteiger partial charge in [0.2, 0.25) is 0 Å². The van der Waals surface area contributed by atoms with Crippen molar-refractivity contribution in [2.45, 2.75) is 27.4 Å². The second kappa shape index (κ2) is 6.49. The average molecular weight is 182 g/mol. The van der Waals surface area contributed by atoms with Crippen molar-refractivity contribution in [2.75, 3.05) is 7.11 Å². The van der Waals surface area contributed by atoms with Crippen molar-refractivity contribution in [1.82, 2.24) is 0 Å². The van der Waals surface area contributed by atoms with E-state index >= 15 is 0 Å². The number of aliphatic hydroxyl groups excluding tert-OH is 1. The van der Waals surface area contributed by atoms with E-state index in [2.05, 4.69) is 0 Å². The highest BCUT2D eigenvalue weighted by Gasteiger charge is 1.97. The second-order valence-electron chi connectivity index (χ2n) is 2.46. The largest absolute Gasteiger partial charge is 0.496 e. The number of aliphatic hydroxyl groups is 1. The van der Waals surface area contributed by atoms with Gasteiger partial charge in [-0.2, -0.15) is 0 Å². The fraction of sp³-hybridized carbons (Fsp3) is 0.455. The van der Waals surface area contributed by atoms with Gasteiger partial charge in [0, 0.05) is 0 Å². The van der Waals surface area contributed by atoms with E-state index < -0.39 is 0 Å². The molecule has 0 atom stereocenters. The van der Waals surface area contributed by atoms with Gasteiger partial charge in [-0.05, 0) is 24.1 Å². The van der Waals surface area contributed by atoms with Crippen LogP contribution in [0.1, 0.15) is 25.0 Å². The van der Waals surface area contributed by atoms with Gasteiger partial charge in [-0.1, -0.05) is 26.0 Å². The standard InChI is InChI=1S/C9H12O2.C2H6/c1-7-5-8(6-10)3-4-9(7)11-2;1-2/h3-5,10H,6H2,1-2H3;1-2H3. The van der Waals surface area contributed by atoms with Crippen LogP contribution in [0, 0.1) is 6.92 Å². The number of rotatable bonds is 2. The topological polar surface area (TPSA) is 29.5 Å². The molecule has 0 saturated carbocycles. The Bertz CT molecular complexity index is 244. The summed E-state index contributed by atoms with van der Waals surface area (Å²) in [7, 11) is 1.64. The smallest absolute Gasteiger partial charge is 0.121 e. The molecule has 2 heteroatoms. The molecule has 0 bridgehead atoms. The van der Waals surface area contributed by atoms with Crippen LogP contribution in [-0.2, 0) is 6.61 Å². The Hall–Kier alpha value is -1.02. The monoisotopic (exact) mass is 182 g/mol. The van der Waals surface area contributed by atoms with Crippen molar-refractivity contribution in [3.05, 3.63) is 29.3 Å². The van der Waals surface area contributed by atoms with Crippen LogP contribution in [0.15, 0.2) is 18.2 Å². The molecule has 1 N–H and O–H groups in total. The number of hydrogen-bond acceptors (Lipinski definition) is 2. The molecule has 0 unspecified atom stereocenters. The summed E-state index contributed by atoms with van der Waals surface area (Å²) < 4.78 is 5.06. The van der Waals surface area contributed by atoms with Crippen molar-refractivity contribution < 1.29 is 9.84 Å². The first kappa shape index (κ1) is 12.0. The second-order valence-corrected chi connectivity index (χ2v) is 2.46. The Morgan fingerprint density at radius 2 is 1.92 bits per heavy atom. The molecule has 0 fully saturated rings. The van der Waals surface area contributed by atoms with E-state index in [1.165, 1.54) is 0 Å². The molecule has 0 saturated heterocycles. The van der Waals surface area contributed by atoms with Gasteiger partial charge in [-0.25, -0.2) is 0 Å². The van der Waals surface area contributed by atoms with E-state index in [1.54, 1.807) is 7.11 Å². The molecular weight excluding hydrogens is 164 g/mol. The van der Waals surface area contributed by atoms with Gasteiger partial charge < -0.3 is 9.84 Å². The summed E-state index contributed by atoms with van der Waals surface area (Å²) in [6.07, 6.45) is 0. The normalized spacial score (nSPS) is 8.69. The molecule has 13 heavy (non-hydrogen) atoms. The van der Waals surface area contributed by atoms with E-state index in [0.717, 1.165) is 16.9 Å². The van der Waals surface area contributed by atoms with Gasteiger partial charge in [0.25, 0.3) is 0 Å². The molecule has 0 aromatic heterocycles. The minimum absolute atomic E-state index is 0.0881. The molecule has 0 aliphatic carbocycles. The maximum atomic E-state index is 8.78. The fourth-order valence-corrected chi connectivity index (χ4v) is 1.04. The summed E-state index contributed by atoms with van der Waals surface area (Å²) in [6, 6.07) is 5.63. The summed E-state index contributed by atoms with van der Waals surface area (Å²) in [4.78, 5) is 0.